The third-order valence-electron chi connectivity index (χ3n) is 4.40. The molecule has 0 radical (unpaired) electrons. The van der Waals surface area contributed by atoms with Gasteiger partial charge in [-0.15, -0.1) is 0 Å². The van der Waals surface area contributed by atoms with Gasteiger partial charge in [-0.3, -0.25) is 0 Å². The molecule has 1 saturated carbocycles. The standard InChI is InChI=1S/C17H23NO4/c1-12-10-13(4-5-15(12)20-3)14-11-16(22-18-14)17(6-7-17)21-9-8-19-2/h4-5,10,16H,6-9,11H2,1-3H3. The van der Waals surface area contributed by atoms with Gasteiger partial charge in [-0.25, -0.2) is 0 Å². The van der Waals surface area contributed by atoms with Gasteiger partial charge in [0, 0.05) is 13.5 Å². The first-order chi connectivity index (χ1) is 10.7. The number of aryl methyl sites for hydroxylation is 1. The average Bonchev–Trinajstić information content (AvgIpc) is 3.14. The van der Waals surface area contributed by atoms with E-state index in [1.54, 1.807) is 14.2 Å². The second-order valence-corrected chi connectivity index (χ2v) is 5.93. The highest BCUT2D eigenvalue weighted by Gasteiger charge is 2.54. The van der Waals surface area contributed by atoms with E-state index in [1.807, 2.05) is 19.1 Å². The Hall–Kier alpha value is -1.59. The van der Waals surface area contributed by atoms with Crippen LogP contribution in [0.25, 0.3) is 0 Å². The van der Waals surface area contributed by atoms with Crippen LogP contribution < -0.4 is 4.74 Å². The van der Waals surface area contributed by atoms with E-state index < -0.39 is 0 Å². The Bertz CT molecular complexity index is 566. The molecule has 1 aromatic rings. The van der Waals surface area contributed by atoms with Crippen molar-refractivity contribution < 1.29 is 19.0 Å². The van der Waals surface area contributed by atoms with Crippen molar-refractivity contribution in [3.05, 3.63) is 29.3 Å². The summed E-state index contributed by atoms with van der Waals surface area (Å²) < 4.78 is 16.3. The van der Waals surface area contributed by atoms with Crippen LogP contribution in [0.15, 0.2) is 23.4 Å². The zero-order chi connectivity index (χ0) is 15.6. The van der Waals surface area contributed by atoms with Crippen LogP contribution in [0.4, 0.5) is 0 Å². The van der Waals surface area contributed by atoms with Crippen molar-refractivity contribution in [2.75, 3.05) is 27.4 Å². The maximum Gasteiger partial charge on any atom is 0.161 e. The summed E-state index contributed by atoms with van der Waals surface area (Å²) >= 11 is 0. The van der Waals surface area contributed by atoms with Gasteiger partial charge in [0.2, 0.25) is 0 Å². The lowest BCUT2D eigenvalue weighted by atomic mass is 9.99. The summed E-state index contributed by atoms with van der Waals surface area (Å²) in [6, 6.07) is 6.10. The van der Waals surface area contributed by atoms with E-state index >= 15 is 0 Å². The molecule has 120 valence electrons. The Kier molecular flexibility index (Phi) is 4.36. The predicted molar refractivity (Wildman–Crippen MR) is 83.6 cm³/mol. The molecule has 3 rings (SSSR count). The molecule has 2 aliphatic rings. The van der Waals surface area contributed by atoms with E-state index in [9.17, 15) is 0 Å². The molecule has 5 heteroatoms. The van der Waals surface area contributed by atoms with Crippen LogP contribution in [0.2, 0.25) is 0 Å². The number of ether oxygens (including phenoxy) is 3. The number of hydrogen-bond acceptors (Lipinski definition) is 5. The molecule has 1 fully saturated rings. The Morgan fingerprint density at radius 1 is 1.27 bits per heavy atom. The van der Waals surface area contributed by atoms with Crippen molar-refractivity contribution in [1.82, 2.24) is 0 Å². The minimum atomic E-state index is -0.161. The van der Waals surface area contributed by atoms with Crippen LogP contribution >= 0.6 is 0 Å². The summed E-state index contributed by atoms with van der Waals surface area (Å²) in [7, 11) is 3.37. The van der Waals surface area contributed by atoms with Crippen molar-refractivity contribution in [2.45, 2.75) is 37.9 Å². The van der Waals surface area contributed by atoms with Gasteiger partial charge in [0.15, 0.2) is 6.10 Å². The second-order valence-electron chi connectivity index (χ2n) is 5.93. The Balaban J connectivity index is 1.63. The van der Waals surface area contributed by atoms with Gasteiger partial charge in [-0.2, -0.15) is 0 Å². The van der Waals surface area contributed by atoms with Gasteiger partial charge in [0.1, 0.15) is 11.4 Å². The number of methoxy groups -OCH3 is 2. The molecular formula is C17H23NO4. The van der Waals surface area contributed by atoms with Crippen molar-refractivity contribution >= 4 is 5.71 Å². The van der Waals surface area contributed by atoms with E-state index in [0.717, 1.165) is 41.9 Å². The van der Waals surface area contributed by atoms with Crippen LogP contribution in [-0.4, -0.2) is 44.9 Å². The monoisotopic (exact) mass is 305 g/mol. The molecule has 5 nitrogen and oxygen atoms in total. The molecule has 1 unspecified atom stereocenters. The first kappa shape index (κ1) is 15.3. The normalized spacial score (nSPS) is 22.1. The quantitative estimate of drug-likeness (QED) is 0.727. The molecule has 1 atom stereocenters. The van der Waals surface area contributed by atoms with Crippen molar-refractivity contribution in [3.63, 3.8) is 0 Å². The molecule has 0 bridgehead atoms. The number of oxime groups is 1. The van der Waals surface area contributed by atoms with E-state index in [4.69, 9.17) is 19.0 Å². The fourth-order valence-electron chi connectivity index (χ4n) is 2.90. The van der Waals surface area contributed by atoms with Crippen molar-refractivity contribution in [3.8, 4) is 5.75 Å². The zero-order valence-electron chi connectivity index (χ0n) is 13.4. The lowest BCUT2D eigenvalue weighted by Crippen LogP contribution is -2.32. The van der Waals surface area contributed by atoms with Crippen LogP contribution in [-0.2, 0) is 14.3 Å². The fraction of sp³-hybridized carbons (Fsp3) is 0.588. The predicted octanol–water partition coefficient (Wildman–Crippen LogP) is 2.69. The maximum absolute atomic E-state index is 5.97. The summed E-state index contributed by atoms with van der Waals surface area (Å²) in [4.78, 5) is 5.67. The Morgan fingerprint density at radius 3 is 2.73 bits per heavy atom. The largest absolute Gasteiger partial charge is 0.496 e. The van der Waals surface area contributed by atoms with Crippen LogP contribution in [0, 0.1) is 6.92 Å². The van der Waals surface area contributed by atoms with Crippen LogP contribution in [0.5, 0.6) is 5.75 Å². The molecule has 0 aromatic heterocycles. The van der Waals surface area contributed by atoms with Gasteiger partial charge < -0.3 is 19.0 Å². The summed E-state index contributed by atoms with van der Waals surface area (Å²) in [5, 5.41) is 4.28. The lowest BCUT2D eigenvalue weighted by molar-refractivity contribution is -0.0862. The number of nitrogens with zero attached hydrogens (tertiary/aromatic N) is 1. The molecule has 1 aromatic carbocycles. The van der Waals surface area contributed by atoms with E-state index in [2.05, 4.69) is 11.2 Å². The molecule has 22 heavy (non-hydrogen) atoms. The van der Waals surface area contributed by atoms with Crippen LogP contribution in [0.1, 0.15) is 30.4 Å². The summed E-state index contributed by atoms with van der Waals surface area (Å²) in [6.07, 6.45) is 2.87. The molecule has 0 amide bonds. The molecule has 1 aliphatic carbocycles. The third kappa shape index (κ3) is 2.96. The van der Waals surface area contributed by atoms with E-state index in [0.29, 0.717) is 13.2 Å². The SMILES string of the molecule is COCCOC1(C2CC(c3ccc(OC)c(C)c3)=NO2)CC1. The maximum atomic E-state index is 5.97. The van der Waals surface area contributed by atoms with E-state index in [1.165, 1.54) is 0 Å². The molecular weight excluding hydrogens is 282 g/mol. The van der Waals surface area contributed by atoms with Gasteiger partial charge in [-0.1, -0.05) is 5.16 Å². The Morgan fingerprint density at radius 2 is 2.09 bits per heavy atom. The zero-order valence-corrected chi connectivity index (χ0v) is 13.4. The molecule has 0 saturated heterocycles. The second kappa shape index (κ2) is 6.26. The highest BCUT2D eigenvalue weighted by atomic mass is 16.7. The lowest BCUT2D eigenvalue weighted by Gasteiger charge is -2.21. The smallest absolute Gasteiger partial charge is 0.161 e. The van der Waals surface area contributed by atoms with Crippen LogP contribution in [0.3, 0.4) is 0 Å². The number of rotatable bonds is 7. The summed E-state index contributed by atoms with van der Waals surface area (Å²) in [5.41, 5.74) is 3.01. The van der Waals surface area contributed by atoms with Crippen molar-refractivity contribution in [1.29, 1.82) is 0 Å². The molecule has 0 spiro atoms. The highest BCUT2D eigenvalue weighted by molar-refractivity contribution is 6.01. The highest BCUT2D eigenvalue weighted by Crippen LogP contribution is 2.47. The van der Waals surface area contributed by atoms with Crippen molar-refractivity contribution in [2.24, 2.45) is 5.16 Å². The topological polar surface area (TPSA) is 49.3 Å². The molecule has 1 heterocycles. The minimum Gasteiger partial charge on any atom is -0.496 e. The number of benzene rings is 1. The fourth-order valence-corrected chi connectivity index (χ4v) is 2.90. The van der Waals surface area contributed by atoms with Gasteiger partial charge in [0.05, 0.1) is 26.0 Å². The number of hydrogen-bond donors (Lipinski definition) is 0. The van der Waals surface area contributed by atoms with Gasteiger partial charge in [-0.05, 0) is 49.1 Å². The summed E-state index contributed by atoms with van der Waals surface area (Å²) in [5.74, 6) is 0.890. The molecule has 0 N–H and O–H groups in total. The first-order valence-corrected chi connectivity index (χ1v) is 7.69. The summed E-state index contributed by atoms with van der Waals surface area (Å²) in [6.45, 7) is 3.25. The van der Waals surface area contributed by atoms with E-state index in [-0.39, 0.29) is 11.7 Å². The van der Waals surface area contributed by atoms with Gasteiger partial charge in [0.25, 0.3) is 0 Å². The first-order valence-electron chi connectivity index (χ1n) is 7.69. The molecule has 1 aliphatic heterocycles. The van der Waals surface area contributed by atoms with Gasteiger partial charge >= 0.3 is 0 Å². The minimum absolute atomic E-state index is 0.0155. The third-order valence-corrected chi connectivity index (χ3v) is 4.40. The Labute approximate surface area is 131 Å². The average molecular weight is 305 g/mol.